The molecule has 1 N–H and O–H groups in total. The second-order valence-corrected chi connectivity index (χ2v) is 5.76. The minimum atomic E-state index is -0.821. The van der Waals surface area contributed by atoms with Crippen LogP contribution >= 0.6 is 11.6 Å². The summed E-state index contributed by atoms with van der Waals surface area (Å²) in [5, 5.41) is 26.0. The summed E-state index contributed by atoms with van der Waals surface area (Å²) in [5.74, 6) is -0.525. The summed E-state index contributed by atoms with van der Waals surface area (Å²) in [7, 11) is 0. The van der Waals surface area contributed by atoms with Crippen molar-refractivity contribution in [3.05, 3.63) is 73.3 Å². The van der Waals surface area contributed by atoms with Crippen LogP contribution in [0.5, 0.6) is 0 Å². The van der Waals surface area contributed by atoms with Crippen molar-refractivity contribution >= 4 is 40.3 Å². The minimum Gasteiger partial charge on any atom is -0.466 e. The van der Waals surface area contributed by atoms with Crippen LogP contribution in [0.15, 0.2) is 47.6 Å². The number of esters is 1. The van der Waals surface area contributed by atoms with Crippen LogP contribution in [0, 0.1) is 20.2 Å². The third-order valence-electron chi connectivity index (χ3n) is 3.49. The Labute approximate surface area is 164 Å². The number of benzene rings is 2. The quantitative estimate of drug-likeness (QED) is 0.303. The minimum absolute atomic E-state index is 0.155. The van der Waals surface area contributed by atoms with Crippen LogP contribution in [-0.2, 0) is 9.53 Å². The predicted molar refractivity (Wildman–Crippen MR) is 103 cm³/mol. The van der Waals surface area contributed by atoms with Crippen molar-refractivity contribution in [2.75, 3.05) is 12.0 Å². The van der Waals surface area contributed by atoms with Gasteiger partial charge in [-0.2, -0.15) is 5.10 Å². The number of carbonyl (C=O) groups excluding carboxylic acids is 1. The van der Waals surface area contributed by atoms with Crippen LogP contribution in [0.2, 0.25) is 5.02 Å². The Hall–Kier alpha value is -3.53. The summed E-state index contributed by atoms with van der Waals surface area (Å²) in [6.45, 7) is 1.86. The molecule has 0 aliphatic rings. The average molecular weight is 407 g/mol. The number of carbonyl (C=O) groups is 1. The summed E-state index contributed by atoms with van der Waals surface area (Å²) in [6.07, 6.45) is -0.181. The molecule has 0 aromatic heterocycles. The van der Waals surface area contributed by atoms with Crippen LogP contribution in [-0.4, -0.2) is 28.1 Å². The van der Waals surface area contributed by atoms with Gasteiger partial charge < -0.3 is 4.74 Å². The highest BCUT2D eigenvalue weighted by Crippen LogP contribution is 2.35. The summed E-state index contributed by atoms with van der Waals surface area (Å²) in [4.78, 5) is 32.4. The van der Waals surface area contributed by atoms with Crippen LogP contribution < -0.4 is 5.43 Å². The van der Waals surface area contributed by atoms with E-state index in [9.17, 15) is 25.0 Å². The summed E-state index contributed by atoms with van der Waals surface area (Å²) < 4.78 is 4.92. The van der Waals surface area contributed by atoms with Gasteiger partial charge in [0, 0.05) is 0 Å². The molecule has 0 aliphatic carbocycles. The summed E-state index contributed by atoms with van der Waals surface area (Å²) in [6, 6.07) is 10.4. The molecule has 0 saturated heterocycles. The molecule has 0 atom stereocenters. The molecule has 2 rings (SSSR count). The Kier molecular flexibility index (Phi) is 6.99. The van der Waals surface area contributed by atoms with Gasteiger partial charge in [-0.1, -0.05) is 41.9 Å². The molecule has 146 valence electrons. The van der Waals surface area contributed by atoms with E-state index in [1.54, 1.807) is 37.3 Å². The van der Waals surface area contributed by atoms with Gasteiger partial charge in [0.15, 0.2) is 0 Å². The molecule has 11 heteroatoms. The number of nitrogens with zero attached hydrogens (tertiary/aromatic N) is 3. The second-order valence-electron chi connectivity index (χ2n) is 5.35. The lowest BCUT2D eigenvalue weighted by Crippen LogP contribution is -2.14. The number of rotatable bonds is 8. The molecule has 0 fully saturated rings. The van der Waals surface area contributed by atoms with E-state index >= 15 is 0 Å². The van der Waals surface area contributed by atoms with Gasteiger partial charge >= 0.3 is 11.7 Å². The van der Waals surface area contributed by atoms with Gasteiger partial charge in [-0.3, -0.25) is 30.4 Å². The summed E-state index contributed by atoms with van der Waals surface area (Å²) in [5.41, 5.74) is 2.01. The Morgan fingerprint density at radius 2 is 1.79 bits per heavy atom. The van der Waals surface area contributed by atoms with Gasteiger partial charge in [-0.05, 0) is 18.6 Å². The van der Waals surface area contributed by atoms with E-state index in [4.69, 9.17) is 16.3 Å². The Bertz CT molecular complexity index is 933. The van der Waals surface area contributed by atoms with Crippen molar-refractivity contribution in [1.82, 2.24) is 0 Å². The molecule has 2 aromatic rings. The van der Waals surface area contributed by atoms with Gasteiger partial charge in [0.05, 0.1) is 34.7 Å². The van der Waals surface area contributed by atoms with E-state index in [-0.39, 0.29) is 29.4 Å². The first-order valence-corrected chi connectivity index (χ1v) is 8.37. The molecule has 0 saturated carbocycles. The molecule has 0 amide bonds. The first kappa shape index (κ1) is 20.8. The van der Waals surface area contributed by atoms with Gasteiger partial charge in [0.25, 0.3) is 5.69 Å². The largest absolute Gasteiger partial charge is 0.466 e. The predicted octanol–water partition coefficient (Wildman–Crippen LogP) is 3.93. The highest BCUT2D eigenvalue weighted by atomic mass is 35.5. The van der Waals surface area contributed by atoms with Crippen molar-refractivity contribution in [3.63, 3.8) is 0 Å². The Morgan fingerprint density at radius 1 is 1.14 bits per heavy atom. The molecule has 0 radical (unpaired) electrons. The molecule has 0 unspecified atom stereocenters. The number of halogens is 1. The number of nitro groups is 2. The monoisotopic (exact) mass is 406 g/mol. The molecule has 10 nitrogen and oxygen atoms in total. The maximum absolute atomic E-state index is 11.9. The Morgan fingerprint density at radius 3 is 2.36 bits per heavy atom. The van der Waals surface area contributed by atoms with Crippen LogP contribution in [0.4, 0.5) is 17.1 Å². The SMILES string of the molecule is CCOC(=O)C/C(=N/Nc1cc(Cl)c([N+](=O)[O-])cc1[N+](=O)[O-])c1ccccc1. The Balaban J connectivity index is 2.43. The van der Waals surface area contributed by atoms with E-state index < -0.39 is 27.2 Å². The van der Waals surface area contributed by atoms with Crippen LogP contribution in [0.1, 0.15) is 18.9 Å². The van der Waals surface area contributed by atoms with Crippen molar-refractivity contribution in [1.29, 1.82) is 0 Å². The van der Waals surface area contributed by atoms with Crippen molar-refractivity contribution in [2.45, 2.75) is 13.3 Å². The third kappa shape index (κ3) is 5.24. The fourth-order valence-electron chi connectivity index (χ4n) is 2.24. The average Bonchev–Trinajstić information content (AvgIpc) is 2.65. The third-order valence-corrected chi connectivity index (χ3v) is 3.80. The lowest BCUT2D eigenvalue weighted by molar-refractivity contribution is -0.393. The second kappa shape index (κ2) is 9.42. The van der Waals surface area contributed by atoms with E-state index in [0.29, 0.717) is 5.56 Å². The topological polar surface area (TPSA) is 137 Å². The number of nitrogens with one attached hydrogen (secondary N) is 1. The van der Waals surface area contributed by atoms with E-state index in [1.807, 2.05) is 0 Å². The smallest absolute Gasteiger partial charge is 0.311 e. The molecule has 28 heavy (non-hydrogen) atoms. The lowest BCUT2D eigenvalue weighted by Gasteiger charge is -2.09. The van der Waals surface area contributed by atoms with Crippen molar-refractivity contribution in [2.24, 2.45) is 5.10 Å². The van der Waals surface area contributed by atoms with Gasteiger partial charge in [-0.25, -0.2) is 0 Å². The maximum Gasteiger partial charge on any atom is 0.311 e. The molecule has 0 aliphatic heterocycles. The zero-order valence-electron chi connectivity index (χ0n) is 14.6. The standard InChI is InChI=1S/C17H15ClN4O6/c1-2-28-17(23)9-13(11-6-4-3-5-7-11)19-20-14-8-12(18)15(21(24)25)10-16(14)22(26)27/h3-8,10,20H,2,9H2,1H3/b19-13-. The first-order chi connectivity index (χ1) is 13.3. The van der Waals surface area contributed by atoms with E-state index in [1.165, 1.54) is 0 Å². The molecule has 0 heterocycles. The number of hydrazone groups is 1. The number of hydrogen-bond donors (Lipinski definition) is 1. The van der Waals surface area contributed by atoms with Gasteiger partial charge in [0.2, 0.25) is 0 Å². The number of ether oxygens (including phenoxy) is 1. The van der Waals surface area contributed by atoms with E-state index in [0.717, 1.165) is 12.1 Å². The van der Waals surface area contributed by atoms with E-state index in [2.05, 4.69) is 10.5 Å². The van der Waals surface area contributed by atoms with Crippen LogP contribution in [0.3, 0.4) is 0 Å². The summed E-state index contributed by atoms with van der Waals surface area (Å²) >= 11 is 5.83. The molecule has 0 spiro atoms. The maximum atomic E-state index is 11.9. The zero-order valence-corrected chi connectivity index (χ0v) is 15.4. The lowest BCUT2D eigenvalue weighted by atomic mass is 10.1. The normalized spacial score (nSPS) is 11.0. The molecule has 0 bridgehead atoms. The highest BCUT2D eigenvalue weighted by molar-refractivity contribution is 6.33. The molecule has 2 aromatic carbocycles. The molecular weight excluding hydrogens is 392 g/mol. The molecular formula is C17H15ClN4O6. The number of hydrogen-bond acceptors (Lipinski definition) is 8. The van der Waals surface area contributed by atoms with Crippen molar-refractivity contribution in [3.8, 4) is 0 Å². The number of anilines is 1. The van der Waals surface area contributed by atoms with Crippen LogP contribution in [0.25, 0.3) is 0 Å². The number of nitro benzene ring substituents is 2. The first-order valence-electron chi connectivity index (χ1n) is 7.99. The highest BCUT2D eigenvalue weighted by Gasteiger charge is 2.24. The fraction of sp³-hybridized carbons (Fsp3) is 0.176. The fourth-order valence-corrected chi connectivity index (χ4v) is 2.48. The van der Waals surface area contributed by atoms with Crippen molar-refractivity contribution < 1.29 is 19.4 Å². The van der Waals surface area contributed by atoms with Gasteiger partial charge in [-0.15, -0.1) is 0 Å². The zero-order chi connectivity index (χ0) is 20.7. The van der Waals surface area contributed by atoms with Gasteiger partial charge in [0.1, 0.15) is 10.7 Å².